The first-order valence-electron chi connectivity index (χ1n) is 2.75. The van der Waals surface area contributed by atoms with Gasteiger partial charge in [-0.15, -0.1) is 0 Å². The van der Waals surface area contributed by atoms with E-state index in [1.54, 1.807) is 0 Å². The summed E-state index contributed by atoms with van der Waals surface area (Å²) in [5, 5.41) is 0. The molecule has 0 aliphatic carbocycles. The highest BCUT2D eigenvalue weighted by molar-refractivity contribution is 6.79. The monoisotopic (exact) mass is 304 g/mol. The van der Waals surface area contributed by atoms with E-state index in [0.717, 1.165) is 0 Å². The van der Waals surface area contributed by atoms with Gasteiger partial charge in [0.25, 0.3) is 0 Å². The molecule has 0 aliphatic heterocycles. The maximum atomic E-state index is 10.9. The Kier molecular flexibility index (Phi) is 5.13. The standard InChI is InChI=1S/C5H2Cl6O2/c6-4(7,8)2(12)1-3(13)5(9,10)11/h1H2. The second-order valence-corrected chi connectivity index (χ2v) is 6.58. The van der Waals surface area contributed by atoms with Crippen LogP contribution in [0.1, 0.15) is 6.42 Å². The van der Waals surface area contributed by atoms with Crippen molar-refractivity contribution >= 4 is 81.2 Å². The van der Waals surface area contributed by atoms with E-state index in [9.17, 15) is 9.59 Å². The van der Waals surface area contributed by atoms with Crippen molar-refractivity contribution in [1.82, 2.24) is 0 Å². The van der Waals surface area contributed by atoms with Gasteiger partial charge >= 0.3 is 0 Å². The molecule has 0 heterocycles. The van der Waals surface area contributed by atoms with E-state index in [4.69, 9.17) is 69.6 Å². The molecule has 0 saturated carbocycles. The Balaban J connectivity index is 4.34. The lowest BCUT2D eigenvalue weighted by molar-refractivity contribution is -0.126. The molecule has 0 radical (unpaired) electrons. The maximum absolute atomic E-state index is 10.9. The lowest BCUT2D eigenvalue weighted by atomic mass is 10.2. The zero-order valence-electron chi connectivity index (χ0n) is 5.79. The van der Waals surface area contributed by atoms with Crippen molar-refractivity contribution in [2.24, 2.45) is 0 Å². The molecule has 0 bridgehead atoms. The predicted molar refractivity (Wildman–Crippen MR) is 55.2 cm³/mol. The smallest absolute Gasteiger partial charge is 0.249 e. The fourth-order valence-electron chi connectivity index (χ4n) is 0.346. The quantitative estimate of drug-likeness (QED) is 0.580. The highest BCUT2D eigenvalue weighted by atomic mass is 35.6. The van der Waals surface area contributed by atoms with Gasteiger partial charge in [-0.05, 0) is 0 Å². The van der Waals surface area contributed by atoms with Gasteiger partial charge in [-0.25, -0.2) is 0 Å². The molecule has 0 rings (SSSR count). The van der Waals surface area contributed by atoms with Crippen molar-refractivity contribution in [3.8, 4) is 0 Å². The highest BCUT2D eigenvalue weighted by Gasteiger charge is 2.38. The Morgan fingerprint density at radius 1 is 0.769 bits per heavy atom. The van der Waals surface area contributed by atoms with Crippen LogP contribution in [0.5, 0.6) is 0 Å². The molecule has 0 amide bonds. The van der Waals surface area contributed by atoms with Crippen LogP contribution in [-0.2, 0) is 9.59 Å². The molecule has 8 heteroatoms. The summed E-state index contributed by atoms with van der Waals surface area (Å²) in [6, 6.07) is 0. The van der Waals surface area contributed by atoms with Crippen molar-refractivity contribution in [2.75, 3.05) is 0 Å². The van der Waals surface area contributed by atoms with E-state index >= 15 is 0 Å². The first-order valence-corrected chi connectivity index (χ1v) is 5.02. The molecule has 0 spiro atoms. The Labute approximate surface area is 104 Å². The third kappa shape index (κ3) is 5.50. The van der Waals surface area contributed by atoms with E-state index in [2.05, 4.69) is 0 Å². The Hall–Kier alpha value is 1.08. The van der Waals surface area contributed by atoms with Crippen molar-refractivity contribution in [3.05, 3.63) is 0 Å². The predicted octanol–water partition coefficient (Wildman–Crippen LogP) is 3.26. The summed E-state index contributed by atoms with van der Waals surface area (Å²) in [7, 11) is 0. The van der Waals surface area contributed by atoms with Gasteiger partial charge in [0.15, 0.2) is 11.6 Å². The minimum atomic E-state index is -2.16. The molecule has 0 aromatic heterocycles. The van der Waals surface area contributed by atoms with Gasteiger partial charge in [0.2, 0.25) is 7.59 Å². The summed E-state index contributed by atoms with van der Waals surface area (Å²) in [6.07, 6.45) is -0.729. The fourth-order valence-corrected chi connectivity index (χ4v) is 0.747. The van der Waals surface area contributed by atoms with Crippen LogP contribution in [0.15, 0.2) is 0 Å². The van der Waals surface area contributed by atoms with Crippen LogP contribution >= 0.6 is 69.6 Å². The number of halogens is 6. The molecular formula is C5H2Cl6O2. The summed E-state index contributed by atoms with van der Waals surface area (Å²) in [5.41, 5.74) is 0. The SMILES string of the molecule is O=C(CC(=O)C(Cl)(Cl)Cl)C(Cl)(Cl)Cl. The highest BCUT2D eigenvalue weighted by Crippen LogP contribution is 2.33. The van der Waals surface area contributed by atoms with Crippen LogP contribution in [0.4, 0.5) is 0 Å². The summed E-state index contributed by atoms with van der Waals surface area (Å²) in [5.74, 6) is -1.87. The molecule has 0 unspecified atom stereocenters. The fraction of sp³-hybridized carbons (Fsp3) is 0.600. The number of carbonyl (C=O) groups is 2. The Morgan fingerprint density at radius 3 is 1.15 bits per heavy atom. The molecule has 0 saturated heterocycles. The van der Waals surface area contributed by atoms with Gasteiger partial charge in [-0.2, -0.15) is 0 Å². The number of rotatable bonds is 2. The number of ketones is 2. The Morgan fingerprint density at radius 2 is 1.00 bits per heavy atom. The first-order chi connectivity index (χ1) is 5.55. The molecule has 0 N–H and O–H groups in total. The molecule has 76 valence electrons. The van der Waals surface area contributed by atoms with Gasteiger partial charge in [0.05, 0.1) is 6.42 Å². The number of carbonyl (C=O) groups excluding carboxylic acids is 2. The van der Waals surface area contributed by atoms with Crippen molar-refractivity contribution in [3.63, 3.8) is 0 Å². The largest absolute Gasteiger partial charge is 0.294 e. The molecule has 0 aromatic carbocycles. The van der Waals surface area contributed by atoms with E-state index in [1.165, 1.54) is 0 Å². The molecule has 2 nitrogen and oxygen atoms in total. The first kappa shape index (κ1) is 14.1. The summed E-state index contributed by atoms with van der Waals surface area (Å²) in [4.78, 5) is 21.9. The van der Waals surface area contributed by atoms with Gasteiger partial charge < -0.3 is 0 Å². The van der Waals surface area contributed by atoms with Crippen LogP contribution in [0.25, 0.3) is 0 Å². The lowest BCUT2D eigenvalue weighted by Crippen LogP contribution is -2.28. The molecule has 0 atom stereocenters. The molecule has 0 aliphatic rings. The minimum Gasteiger partial charge on any atom is -0.294 e. The molecule has 13 heavy (non-hydrogen) atoms. The van der Waals surface area contributed by atoms with E-state index in [0.29, 0.717) is 0 Å². The number of Topliss-reactive ketones (excluding diaryl/α,β-unsaturated/α-hetero) is 2. The van der Waals surface area contributed by atoms with Crippen molar-refractivity contribution < 1.29 is 9.59 Å². The number of hydrogen-bond donors (Lipinski definition) is 0. The van der Waals surface area contributed by atoms with Gasteiger partial charge in [0, 0.05) is 0 Å². The van der Waals surface area contributed by atoms with Crippen molar-refractivity contribution in [2.45, 2.75) is 14.0 Å². The third-order valence-electron chi connectivity index (χ3n) is 0.953. The van der Waals surface area contributed by atoms with Crippen LogP contribution in [0.3, 0.4) is 0 Å². The van der Waals surface area contributed by atoms with Gasteiger partial charge in [-0.1, -0.05) is 69.6 Å². The second kappa shape index (κ2) is 4.73. The zero-order chi connectivity index (χ0) is 10.9. The third-order valence-corrected chi connectivity index (χ3v) is 2.22. The van der Waals surface area contributed by atoms with E-state index in [-0.39, 0.29) is 0 Å². The van der Waals surface area contributed by atoms with Crippen LogP contribution in [0.2, 0.25) is 0 Å². The van der Waals surface area contributed by atoms with Crippen molar-refractivity contribution in [1.29, 1.82) is 0 Å². The summed E-state index contributed by atoms with van der Waals surface area (Å²) < 4.78 is -4.32. The number of alkyl halides is 6. The Bertz CT molecular complexity index is 200. The average molecular weight is 307 g/mol. The average Bonchev–Trinajstić information content (AvgIpc) is 1.82. The normalized spacial score (nSPS) is 12.8. The molecule has 0 fully saturated rings. The molecular weight excluding hydrogens is 305 g/mol. The summed E-state index contributed by atoms with van der Waals surface area (Å²) in [6.45, 7) is 0. The minimum absolute atomic E-state index is 0.729. The second-order valence-electron chi connectivity index (χ2n) is 2.02. The summed E-state index contributed by atoms with van der Waals surface area (Å²) >= 11 is 31.1. The topological polar surface area (TPSA) is 34.1 Å². The van der Waals surface area contributed by atoms with Gasteiger partial charge in [0.1, 0.15) is 0 Å². The number of hydrogen-bond acceptors (Lipinski definition) is 2. The van der Waals surface area contributed by atoms with Crippen LogP contribution < -0.4 is 0 Å². The van der Waals surface area contributed by atoms with Crippen LogP contribution in [-0.4, -0.2) is 19.2 Å². The molecule has 0 aromatic rings. The zero-order valence-corrected chi connectivity index (χ0v) is 10.3. The van der Waals surface area contributed by atoms with E-state index < -0.39 is 25.6 Å². The van der Waals surface area contributed by atoms with Crippen LogP contribution in [0, 0.1) is 0 Å². The lowest BCUT2D eigenvalue weighted by Gasteiger charge is -2.11. The van der Waals surface area contributed by atoms with E-state index in [1.807, 2.05) is 0 Å². The van der Waals surface area contributed by atoms with Gasteiger partial charge in [-0.3, -0.25) is 9.59 Å². The maximum Gasteiger partial charge on any atom is 0.249 e.